The number of nitrogens with zero attached hydrogens (tertiary/aromatic N) is 3. The van der Waals surface area contributed by atoms with Crippen LogP contribution in [-0.4, -0.2) is 34.6 Å². The van der Waals surface area contributed by atoms with Crippen LogP contribution in [0.3, 0.4) is 0 Å². The molecule has 0 saturated heterocycles. The lowest BCUT2D eigenvalue weighted by Crippen LogP contribution is -2.16. The van der Waals surface area contributed by atoms with Crippen molar-refractivity contribution in [1.82, 2.24) is 15.0 Å². The molecule has 1 aromatic rings. The van der Waals surface area contributed by atoms with Crippen molar-refractivity contribution in [2.75, 3.05) is 30.3 Å². The summed E-state index contributed by atoms with van der Waals surface area (Å²) in [6.45, 7) is 6.01. The third-order valence-electron chi connectivity index (χ3n) is 1.71. The third-order valence-corrected chi connectivity index (χ3v) is 1.71. The fourth-order valence-electron chi connectivity index (χ4n) is 1.06. The molecular weight excluding hydrogens is 192 g/mol. The SMILES string of the molecule is CCCNc1nc(C)nc(NCCN)n1. The van der Waals surface area contributed by atoms with Crippen molar-refractivity contribution in [3.8, 4) is 0 Å². The normalized spacial score (nSPS) is 10.1. The monoisotopic (exact) mass is 210 g/mol. The molecule has 0 unspecified atom stereocenters. The molecule has 84 valence electrons. The fraction of sp³-hybridized carbons (Fsp3) is 0.667. The molecule has 0 fully saturated rings. The average molecular weight is 210 g/mol. The third kappa shape index (κ3) is 4.07. The summed E-state index contributed by atoms with van der Waals surface area (Å²) in [7, 11) is 0. The summed E-state index contributed by atoms with van der Waals surface area (Å²) in [4.78, 5) is 12.5. The Labute approximate surface area is 89.7 Å². The van der Waals surface area contributed by atoms with E-state index in [2.05, 4.69) is 32.5 Å². The predicted octanol–water partition coefficient (Wildman–Crippen LogP) is 0.373. The zero-order valence-corrected chi connectivity index (χ0v) is 9.25. The Morgan fingerprint density at radius 1 is 1.07 bits per heavy atom. The highest BCUT2D eigenvalue weighted by atomic mass is 15.2. The summed E-state index contributed by atoms with van der Waals surface area (Å²) in [6.07, 6.45) is 1.04. The average Bonchev–Trinajstić information content (AvgIpc) is 2.23. The molecule has 1 rings (SSSR count). The zero-order valence-electron chi connectivity index (χ0n) is 9.25. The number of rotatable bonds is 6. The summed E-state index contributed by atoms with van der Waals surface area (Å²) in [6, 6.07) is 0. The maximum Gasteiger partial charge on any atom is 0.227 e. The van der Waals surface area contributed by atoms with Crippen molar-refractivity contribution in [3.05, 3.63) is 5.82 Å². The number of aryl methyl sites for hydroxylation is 1. The molecule has 6 nitrogen and oxygen atoms in total. The minimum atomic E-state index is 0.558. The van der Waals surface area contributed by atoms with Crippen molar-refractivity contribution in [1.29, 1.82) is 0 Å². The number of aromatic nitrogens is 3. The lowest BCUT2D eigenvalue weighted by molar-refractivity contribution is 0.906. The smallest absolute Gasteiger partial charge is 0.227 e. The molecule has 0 amide bonds. The second kappa shape index (κ2) is 6.13. The number of nitrogens with one attached hydrogen (secondary N) is 2. The van der Waals surface area contributed by atoms with Gasteiger partial charge in [-0.15, -0.1) is 0 Å². The highest BCUT2D eigenvalue weighted by Crippen LogP contribution is 2.04. The Kier molecular flexibility index (Phi) is 4.76. The molecular formula is C9H18N6. The minimum Gasteiger partial charge on any atom is -0.354 e. The lowest BCUT2D eigenvalue weighted by Gasteiger charge is -2.07. The van der Waals surface area contributed by atoms with Gasteiger partial charge in [0.1, 0.15) is 5.82 Å². The first-order chi connectivity index (χ1) is 7.26. The van der Waals surface area contributed by atoms with Crippen LogP contribution in [0.25, 0.3) is 0 Å². The predicted molar refractivity (Wildman–Crippen MR) is 60.9 cm³/mol. The van der Waals surface area contributed by atoms with Crippen LogP contribution in [0.1, 0.15) is 19.2 Å². The van der Waals surface area contributed by atoms with E-state index in [1.807, 2.05) is 6.92 Å². The molecule has 0 aliphatic carbocycles. The van der Waals surface area contributed by atoms with E-state index >= 15 is 0 Å². The summed E-state index contributed by atoms with van der Waals surface area (Å²) < 4.78 is 0. The van der Waals surface area contributed by atoms with E-state index < -0.39 is 0 Å². The van der Waals surface area contributed by atoms with E-state index in [4.69, 9.17) is 5.73 Å². The Hall–Kier alpha value is -1.43. The number of hydrogen-bond acceptors (Lipinski definition) is 6. The largest absolute Gasteiger partial charge is 0.354 e. The minimum absolute atomic E-state index is 0.558. The molecule has 0 aromatic carbocycles. The first-order valence-corrected chi connectivity index (χ1v) is 5.16. The summed E-state index contributed by atoms with van der Waals surface area (Å²) in [5.74, 6) is 1.89. The van der Waals surface area contributed by atoms with Gasteiger partial charge < -0.3 is 16.4 Å². The highest BCUT2D eigenvalue weighted by Gasteiger charge is 2.01. The Balaban J connectivity index is 2.66. The molecule has 6 heteroatoms. The molecule has 0 aliphatic heterocycles. The summed E-state index contributed by atoms with van der Waals surface area (Å²) in [5, 5.41) is 6.14. The van der Waals surface area contributed by atoms with Gasteiger partial charge in [0.05, 0.1) is 0 Å². The second-order valence-electron chi connectivity index (χ2n) is 3.17. The summed E-state index contributed by atoms with van der Waals surface area (Å²) in [5.41, 5.74) is 5.38. The van der Waals surface area contributed by atoms with Crippen molar-refractivity contribution in [2.24, 2.45) is 5.73 Å². The standard InChI is InChI=1S/C9H18N6/c1-3-5-11-8-13-7(2)14-9(15-8)12-6-4-10/h3-6,10H2,1-2H3,(H2,11,12,13,14,15). The van der Waals surface area contributed by atoms with Gasteiger partial charge in [-0.3, -0.25) is 0 Å². The van der Waals surface area contributed by atoms with E-state index in [1.54, 1.807) is 0 Å². The van der Waals surface area contributed by atoms with Gasteiger partial charge in [0.25, 0.3) is 0 Å². The Morgan fingerprint density at radius 3 is 2.20 bits per heavy atom. The van der Waals surface area contributed by atoms with Crippen molar-refractivity contribution in [2.45, 2.75) is 20.3 Å². The fourth-order valence-corrected chi connectivity index (χ4v) is 1.06. The number of hydrogen-bond donors (Lipinski definition) is 3. The highest BCUT2D eigenvalue weighted by molar-refractivity contribution is 5.34. The Bertz CT molecular complexity index is 274. The van der Waals surface area contributed by atoms with E-state index in [1.165, 1.54) is 0 Å². The van der Waals surface area contributed by atoms with Crippen LogP contribution in [0.2, 0.25) is 0 Å². The van der Waals surface area contributed by atoms with Crippen LogP contribution in [0.4, 0.5) is 11.9 Å². The van der Waals surface area contributed by atoms with Gasteiger partial charge in [-0.2, -0.15) is 15.0 Å². The van der Waals surface area contributed by atoms with Crippen molar-refractivity contribution in [3.63, 3.8) is 0 Å². The quantitative estimate of drug-likeness (QED) is 0.628. The van der Waals surface area contributed by atoms with Crippen LogP contribution < -0.4 is 16.4 Å². The van der Waals surface area contributed by atoms with Crippen molar-refractivity contribution < 1.29 is 0 Å². The van der Waals surface area contributed by atoms with Gasteiger partial charge in [-0.05, 0) is 13.3 Å². The maximum absolute atomic E-state index is 5.38. The van der Waals surface area contributed by atoms with Gasteiger partial charge in [0.15, 0.2) is 0 Å². The molecule has 0 aliphatic rings. The van der Waals surface area contributed by atoms with Crippen LogP contribution in [0.15, 0.2) is 0 Å². The second-order valence-corrected chi connectivity index (χ2v) is 3.17. The molecule has 4 N–H and O–H groups in total. The van der Waals surface area contributed by atoms with Gasteiger partial charge in [0, 0.05) is 19.6 Å². The van der Waals surface area contributed by atoms with Crippen LogP contribution >= 0.6 is 0 Å². The molecule has 0 atom stereocenters. The number of anilines is 2. The van der Waals surface area contributed by atoms with Gasteiger partial charge >= 0.3 is 0 Å². The molecule has 1 aromatic heterocycles. The zero-order chi connectivity index (χ0) is 11.1. The molecule has 0 spiro atoms. The lowest BCUT2D eigenvalue weighted by atomic mass is 10.5. The summed E-state index contributed by atoms with van der Waals surface area (Å²) >= 11 is 0. The Morgan fingerprint density at radius 2 is 1.67 bits per heavy atom. The molecule has 0 bridgehead atoms. The van der Waals surface area contributed by atoms with Crippen LogP contribution in [0, 0.1) is 6.92 Å². The van der Waals surface area contributed by atoms with Crippen molar-refractivity contribution >= 4 is 11.9 Å². The van der Waals surface area contributed by atoms with Gasteiger partial charge in [0.2, 0.25) is 11.9 Å². The van der Waals surface area contributed by atoms with E-state index in [0.29, 0.717) is 30.8 Å². The van der Waals surface area contributed by atoms with Crippen LogP contribution in [0.5, 0.6) is 0 Å². The van der Waals surface area contributed by atoms with Gasteiger partial charge in [-0.25, -0.2) is 0 Å². The van der Waals surface area contributed by atoms with E-state index in [0.717, 1.165) is 13.0 Å². The van der Waals surface area contributed by atoms with E-state index in [9.17, 15) is 0 Å². The molecule has 15 heavy (non-hydrogen) atoms. The molecule has 1 heterocycles. The maximum atomic E-state index is 5.38. The number of nitrogens with two attached hydrogens (primary N) is 1. The molecule has 0 radical (unpaired) electrons. The van der Waals surface area contributed by atoms with Gasteiger partial charge in [-0.1, -0.05) is 6.92 Å². The van der Waals surface area contributed by atoms with Crippen LogP contribution in [-0.2, 0) is 0 Å². The topological polar surface area (TPSA) is 88.8 Å². The molecule has 0 saturated carbocycles. The first kappa shape index (κ1) is 11.6. The first-order valence-electron chi connectivity index (χ1n) is 5.16. The van der Waals surface area contributed by atoms with E-state index in [-0.39, 0.29) is 0 Å².